The summed E-state index contributed by atoms with van der Waals surface area (Å²) in [5.74, 6) is 0.824. The lowest BCUT2D eigenvalue weighted by molar-refractivity contribution is 0.597. The molecule has 3 rings (SSSR count). The number of benzene rings is 2. The van der Waals surface area contributed by atoms with Crippen molar-refractivity contribution in [3.8, 4) is 0 Å². The number of hydrogen-bond donors (Lipinski definition) is 1. The molecular formula is C20H25N3O2S2. The summed E-state index contributed by atoms with van der Waals surface area (Å²) in [6.07, 6.45) is 2.12. The third kappa shape index (κ3) is 4.54. The minimum absolute atomic E-state index is 0.0984. The second-order valence-electron chi connectivity index (χ2n) is 6.81. The SMILES string of the molecule is CCCCn1c(SCc2cc(C)ccc2C)nc2cc(S(N)(=O)=O)ccc21. The van der Waals surface area contributed by atoms with Gasteiger partial charge in [-0.05, 0) is 49.6 Å². The molecule has 0 aliphatic rings. The Bertz CT molecular complexity index is 1070. The van der Waals surface area contributed by atoms with E-state index in [1.165, 1.54) is 16.7 Å². The molecule has 0 unspecified atom stereocenters. The fraction of sp³-hybridized carbons (Fsp3) is 0.350. The van der Waals surface area contributed by atoms with Crippen LogP contribution in [0.25, 0.3) is 11.0 Å². The lowest BCUT2D eigenvalue weighted by atomic mass is 10.1. The van der Waals surface area contributed by atoms with E-state index in [9.17, 15) is 8.42 Å². The Hall–Kier alpha value is -1.83. The lowest BCUT2D eigenvalue weighted by Crippen LogP contribution is -2.11. The standard InChI is InChI=1S/C20H25N3O2S2/c1-4-5-10-23-19-9-8-17(27(21,24)25)12-18(19)22-20(23)26-13-16-11-14(2)6-7-15(16)3/h6-9,11-12H,4-5,10,13H2,1-3H3,(H2,21,24,25). The van der Waals surface area contributed by atoms with Gasteiger partial charge in [0.05, 0.1) is 15.9 Å². The average Bonchev–Trinajstić information content (AvgIpc) is 2.96. The van der Waals surface area contributed by atoms with Gasteiger partial charge >= 0.3 is 0 Å². The summed E-state index contributed by atoms with van der Waals surface area (Å²) in [4.78, 5) is 4.81. The number of sulfonamides is 1. The quantitative estimate of drug-likeness (QED) is 0.593. The van der Waals surface area contributed by atoms with Crippen molar-refractivity contribution in [2.75, 3.05) is 0 Å². The van der Waals surface area contributed by atoms with E-state index >= 15 is 0 Å². The van der Waals surface area contributed by atoms with Crippen LogP contribution in [0.3, 0.4) is 0 Å². The van der Waals surface area contributed by atoms with E-state index in [1.807, 2.05) is 0 Å². The van der Waals surface area contributed by atoms with Gasteiger partial charge in [0, 0.05) is 12.3 Å². The van der Waals surface area contributed by atoms with Crippen molar-refractivity contribution in [2.45, 2.75) is 56.0 Å². The van der Waals surface area contributed by atoms with Crippen LogP contribution in [0.15, 0.2) is 46.5 Å². The minimum Gasteiger partial charge on any atom is -0.319 e. The molecule has 0 fully saturated rings. The predicted molar refractivity (Wildman–Crippen MR) is 111 cm³/mol. The number of unbranched alkanes of at least 4 members (excludes halogenated alkanes) is 1. The number of nitrogens with zero attached hydrogens (tertiary/aromatic N) is 2. The van der Waals surface area contributed by atoms with Gasteiger partial charge in [-0.1, -0.05) is 48.9 Å². The number of aryl methyl sites for hydroxylation is 3. The molecule has 0 amide bonds. The Morgan fingerprint density at radius 2 is 1.93 bits per heavy atom. The van der Waals surface area contributed by atoms with E-state index in [1.54, 1.807) is 30.0 Å². The Morgan fingerprint density at radius 1 is 1.15 bits per heavy atom. The van der Waals surface area contributed by atoms with Crippen molar-refractivity contribution in [1.29, 1.82) is 0 Å². The molecule has 1 heterocycles. The summed E-state index contributed by atoms with van der Waals surface area (Å²) in [6, 6.07) is 11.4. The molecule has 2 aromatic carbocycles. The second kappa shape index (κ2) is 8.04. The summed E-state index contributed by atoms with van der Waals surface area (Å²) in [7, 11) is -3.74. The van der Waals surface area contributed by atoms with Crippen LogP contribution >= 0.6 is 11.8 Å². The fourth-order valence-corrected chi connectivity index (χ4v) is 4.64. The highest BCUT2D eigenvalue weighted by Gasteiger charge is 2.15. The van der Waals surface area contributed by atoms with Gasteiger partial charge in [-0.3, -0.25) is 0 Å². The van der Waals surface area contributed by atoms with E-state index in [0.717, 1.165) is 35.8 Å². The number of fused-ring (bicyclic) bond motifs is 1. The fourth-order valence-electron chi connectivity index (χ4n) is 3.01. The zero-order valence-corrected chi connectivity index (χ0v) is 17.5. The summed E-state index contributed by atoms with van der Waals surface area (Å²) in [6.45, 7) is 7.23. The molecule has 2 N–H and O–H groups in total. The van der Waals surface area contributed by atoms with Crippen LogP contribution in [0.5, 0.6) is 0 Å². The van der Waals surface area contributed by atoms with Gasteiger partial charge in [0.1, 0.15) is 0 Å². The Balaban J connectivity index is 1.98. The van der Waals surface area contributed by atoms with Crippen LogP contribution in [-0.4, -0.2) is 18.0 Å². The van der Waals surface area contributed by atoms with Gasteiger partial charge in [-0.25, -0.2) is 18.5 Å². The van der Waals surface area contributed by atoms with Gasteiger partial charge in [-0.15, -0.1) is 0 Å². The zero-order chi connectivity index (χ0) is 19.6. The number of hydrogen-bond acceptors (Lipinski definition) is 4. The summed E-state index contributed by atoms with van der Waals surface area (Å²) in [5.41, 5.74) is 5.41. The maximum Gasteiger partial charge on any atom is 0.238 e. The molecule has 5 nitrogen and oxygen atoms in total. The summed E-state index contributed by atoms with van der Waals surface area (Å²) in [5, 5.41) is 6.18. The van der Waals surface area contributed by atoms with Crippen LogP contribution in [0.4, 0.5) is 0 Å². The molecule has 0 bridgehead atoms. The first-order chi connectivity index (χ1) is 12.8. The molecule has 0 atom stereocenters. The highest BCUT2D eigenvalue weighted by atomic mass is 32.2. The first-order valence-corrected chi connectivity index (χ1v) is 11.5. The van der Waals surface area contributed by atoms with Gasteiger partial charge in [0.2, 0.25) is 10.0 Å². The van der Waals surface area contributed by atoms with Crippen LogP contribution in [0, 0.1) is 13.8 Å². The molecule has 7 heteroatoms. The first-order valence-electron chi connectivity index (χ1n) is 9.01. The number of aromatic nitrogens is 2. The smallest absolute Gasteiger partial charge is 0.238 e. The molecule has 0 aliphatic heterocycles. The molecule has 27 heavy (non-hydrogen) atoms. The normalized spacial score (nSPS) is 12.0. The topological polar surface area (TPSA) is 78.0 Å². The van der Waals surface area contributed by atoms with E-state index in [0.29, 0.717) is 5.52 Å². The third-order valence-electron chi connectivity index (χ3n) is 4.61. The van der Waals surface area contributed by atoms with E-state index in [4.69, 9.17) is 10.1 Å². The van der Waals surface area contributed by atoms with Crippen LogP contribution in [0.2, 0.25) is 0 Å². The third-order valence-corrected chi connectivity index (χ3v) is 6.55. The Morgan fingerprint density at radius 3 is 2.63 bits per heavy atom. The van der Waals surface area contributed by atoms with Crippen molar-refractivity contribution < 1.29 is 8.42 Å². The monoisotopic (exact) mass is 403 g/mol. The minimum atomic E-state index is -3.74. The maximum atomic E-state index is 11.7. The molecule has 144 valence electrons. The van der Waals surface area contributed by atoms with Crippen molar-refractivity contribution >= 4 is 32.8 Å². The van der Waals surface area contributed by atoms with Crippen LogP contribution in [0.1, 0.15) is 36.5 Å². The molecule has 0 spiro atoms. The van der Waals surface area contributed by atoms with Crippen LogP contribution in [-0.2, 0) is 22.3 Å². The Kier molecular flexibility index (Phi) is 5.93. The highest BCUT2D eigenvalue weighted by molar-refractivity contribution is 7.98. The van der Waals surface area contributed by atoms with Gasteiger partial charge < -0.3 is 4.57 Å². The molecule has 0 radical (unpaired) electrons. The number of rotatable bonds is 7. The molecule has 0 aliphatic carbocycles. The van der Waals surface area contributed by atoms with E-state index in [-0.39, 0.29) is 4.90 Å². The van der Waals surface area contributed by atoms with Gasteiger partial charge in [0.15, 0.2) is 5.16 Å². The molecule has 0 saturated carbocycles. The highest BCUT2D eigenvalue weighted by Crippen LogP contribution is 2.29. The largest absolute Gasteiger partial charge is 0.319 e. The summed E-state index contributed by atoms with van der Waals surface area (Å²) < 4.78 is 25.5. The van der Waals surface area contributed by atoms with Crippen molar-refractivity contribution in [1.82, 2.24) is 9.55 Å². The number of primary sulfonamides is 1. The van der Waals surface area contributed by atoms with Crippen molar-refractivity contribution in [2.24, 2.45) is 5.14 Å². The first kappa shape index (κ1) is 19.9. The molecule has 3 aromatic rings. The average molecular weight is 404 g/mol. The lowest BCUT2D eigenvalue weighted by Gasteiger charge is -2.10. The van der Waals surface area contributed by atoms with E-state index in [2.05, 4.69) is 43.5 Å². The second-order valence-corrected chi connectivity index (χ2v) is 9.32. The zero-order valence-electron chi connectivity index (χ0n) is 15.9. The maximum absolute atomic E-state index is 11.7. The Labute approximate surface area is 165 Å². The van der Waals surface area contributed by atoms with Crippen molar-refractivity contribution in [3.63, 3.8) is 0 Å². The predicted octanol–water partition coefficient (Wildman–Crippen LogP) is 4.39. The van der Waals surface area contributed by atoms with E-state index < -0.39 is 10.0 Å². The van der Waals surface area contributed by atoms with Gasteiger partial charge in [-0.2, -0.15) is 0 Å². The van der Waals surface area contributed by atoms with Crippen molar-refractivity contribution in [3.05, 3.63) is 53.1 Å². The number of imidazole rings is 1. The molecule has 1 aromatic heterocycles. The molecule has 0 saturated heterocycles. The molecular weight excluding hydrogens is 378 g/mol. The van der Waals surface area contributed by atoms with Crippen LogP contribution < -0.4 is 5.14 Å². The number of nitrogens with two attached hydrogens (primary N) is 1. The summed E-state index contributed by atoms with van der Waals surface area (Å²) >= 11 is 1.68. The van der Waals surface area contributed by atoms with Gasteiger partial charge in [0.25, 0.3) is 0 Å². The number of thioether (sulfide) groups is 1.